The van der Waals surface area contributed by atoms with Crippen LogP contribution in [-0.4, -0.2) is 273 Å². The van der Waals surface area contributed by atoms with Gasteiger partial charge in [0.1, 0.15) is 101 Å². The van der Waals surface area contributed by atoms with Crippen LogP contribution in [-0.2, 0) is 49.3 Å². The number of carbonyl (C=O) groups excluding carboxylic acids is 7. The second-order valence-corrected chi connectivity index (χ2v) is 26.6. The molecule has 568 valence electrons. The number of thiazole rings is 2. The van der Waals surface area contributed by atoms with Gasteiger partial charge in [0.2, 0.25) is 23.6 Å². The van der Waals surface area contributed by atoms with Gasteiger partial charge in [-0.25, -0.2) is 29.7 Å². The maximum Gasteiger partial charge on any atom is 0.404 e. The van der Waals surface area contributed by atoms with Crippen LogP contribution < -0.4 is 60.6 Å². The molecule has 7 amide bonds. The fraction of sp³-hybridized carbons (Fsp3) is 0.581. The summed E-state index contributed by atoms with van der Waals surface area (Å²) in [5.41, 5.74) is 29.5. The van der Waals surface area contributed by atoms with Gasteiger partial charge in [0.05, 0.1) is 66.8 Å². The largest absolute Gasteiger partial charge is 0.441 e. The van der Waals surface area contributed by atoms with Gasteiger partial charge < -0.3 is 135 Å². The van der Waals surface area contributed by atoms with Crippen molar-refractivity contribution in [2.45, 2.75) is 176 Å². The molecule has 5 aromatic rings. The lowest BCUT2D eigenvalue weighted by Gasteiger charge is -2.47. The lowest BCUT2D eigenvalue weighted by Crippen LogP contribution is -2.65. The van der Waals surface area contributed by atoms with E-state index >= 15 is 9.59 Å². The molecule has 21 unspecified atom stereocenters. The summed E-state index contributed by atoms with van der Waals surface area (Å²) in [6.07, 6.45) is -25.9. The lowest BCUT2D eigenvalue weighted by molar-refractivity contribution is -0.372. The number of hydrogen-bond donors (Lipinski definition) is 21. The van der Waals surface area contributed by atoms with Crippen molar-refractivity contribution in [3.05, 3.63) is 92.7 Å². The van der Waals surface area contributed by atoms with Crippen LogP contribution in [0.25, 0.3) is 10.7 Å². The highest BCUT2D eigenvalue weighted by atomic mass is 32.1. The van der Waals surface area contributed by atoms with Gasteiger partial charge >= 0.3 is 6.09 Å². The average Bonchev–Trinajstić information content (AvgIpc) is 1.16. The van der Waals surface area contributed by atoms with E-state index in [-0.39, 0.29) is 60.1 Å². The van der Waals surface area contributed by atoms with Gasteiger partial charge in [-0.2, -0.15) is 0 Å². The number of carbonyl (C=O) groups is 7. The molecule has 2 fully saturated rings. The van der Waals surface area contributed by atoms with Crippen molar-refractivity contribution in [1.82, 2.24) is 66.7 Å². The number of aliphatic hydroxyl groups is 9. The quantitative estimate of drug-likeness (QED) is 0.0129. The minimum absolute atomic E-state index is 0.0132. The first-order valence-electron chi connectivity index (χ1n) is 32.7. The molecule has 21 atom stereocenters. The summed E-state index contributed by atoms with van der Waals surface area (Å²) in [4.78, 5) is 119. The molecule has 2 aliphatic heterocycles. The predicted octanol–water partition coefficient (Wildman–Crippen LogP) is -6.10. The summed E-state index contributed by atoms with van der Waals surface area (Å²) in [6, 6.07) is 2.52. The smallest absolute Gasteiger partial charge is 0.404 e. The van der Waals surface area contributed by atoms with Crippen LogP contribution in [0.4, 0.5) is 10.6 Å². The molecule has 0 aliphatic carbocycles. The third-order valence-electron chi connectivity index (χ3n) is 17.2. The number of primary amides is 3. The van der Waals surface area contributed by atoms with E-state index < -0.39 is 183 Å². The molecule has 1 aromatic carbocycles. The standard InChI is InChI=1S/C62H92N18O21S2/c1-25-40(77-53(79-51(25)65)32(17-38(64)84)72-18-31(63)52(66)90)59(95)80(6)42(48(33-19-68-24-73-33)99-61-50(46(88)44(86)36(20-81)98-61)100-60-47(89)49(101-62(67)96)45(87)37(21-82)97-60)57(94)74-28(4)43(85)26(2)54(91)78-41(29(5)83)56(93)71-16-13-39-75-35(23-102-39)58-76-34(22-103-58)55(92)70-15-10-14-69-27(3)30-11-8-7-9-12-30/h7-9,11-12,19,22-24,26-29,31-32,36-37,41-50,54,60-61,69,72,78,81-83,85-89,91H,10,13-18,20-21,63H2,1-6H3,(H2,64,84)(H2,66,90)(H2,67,96)(H,68,73)(H,70,92)(H,71,93)(H,74,94)(H2,65,77,79). The number of amides is 7. The Morgan fingerprint density at radius 2 is 1.49 bits per heavy atom. The molecule has 2 saturated heterocycles. The van der Waals surface area contributed by atoms with E-state index in [2.05, 4.69) is 68.7 Å². The van der Waals surface area contributed by atoms with E-state index in [4.69, 9.17) is 52.4 Å². The molecular formula is C62H92N18O21S2. The monoisotopic (exact) mass is 1490 g/mol. The first-order chi connectivity index (χ1) is 48.8. The number of imidazole rings is 1. The van der Waals surface area contributed by atoms with Crippen molar-refractivity contribution in [1.29, 1.82) is 0 Å². The zero-order valence-corrected chi connectivity index (χ0v) is 58.6. The minimum Gasteiger partial charge on any atom is -0.441 e. The highest BCUT2D eigenvalue weighted by Gasteiger charge is 2.54. The van der Waals surface area contributed by atoms with Crippen LogP contribution in [0.2, 0.25) is 0 Å². The summed E-state index contributed by atoms with van der Waals surface area (Å²) in [6.45, 7) is 6.10. The molecule has 6 heterocycles. The number of hydrogen-bond acceptors (Lipinski definition) is 33. The average molecular weight is 1490 g/mol. The van der Waals surface area contributed by atoms with Gasteiger partial charge in [-0.3, -0.25) is 34.1 Å². The van der Waals surface area contributed by atoms with Crippen LogP contribution in [0, 0.1) is 12.8 Å². The first kappa shape index (κ1) is 82.3. The lowest BCUT2D eigenvalue weighted by atomic mass is 9.95. The van der Waals surface area contributed by atoms with Gasteiger partial charge in [-0.15, -0.1) is 22.7 Å². The molecule has 0 spiro atoms. The Kier molecular flexibility index (Phi) is 30.5. The topological polar surface area (TPSA) is 633 Å². The Balaban J connectivity index is 1.09. The van der Waals surface area contributed by atoms with E-state index in [0.29, 0.717) is 35.2 Å². The molecule has 41 heteroatoms. The number of aromatic amines is 1. The normalized spacial score (nSPS) is 23.8. The molecule has 103 heavy (non-hydrogen) atoms. The van der Waals surface area contributed by atoms with E-state index in [0.717, 1.165) is 30.0 Å². The van der Waals surface area contributed by atoms with Crippen molar-refractivity contribution in [2.75, 3.05) is 52.2 Å². The first-order valence-corrected chi connectivity index (χ1v) is 34.4. The molecular weight excluding hydrogens is 1400 g/mol. The molecule has 0 saturated carbocycles. The molecule has 0 radical (unpaired) electrons. The van der Waals surface area contributed by atoms with E-state index in [1.807, 2.05) is 30.3 Å². The van der Waals surface area contributed by atoms with E-state index in [1.165, 1.54) is 50.4 Å². The van der Waals surface area contributed by atoms with Gasteiger partial charge in [-0.1, -0.05) is 37.3 Å². The van der Waals surface area contributed by atoms with Crippen LogP contribution in [0.3, 0.4) is 0 Å². The molecule has 0 bridgehead atoms. The van der Waals surface area contributed by atoms with Gasteiger partial charge in [0.15, 0.2) is 18.7 Å². The highest BCUT2D eigenvalue weighted by Crippen LogP contribution is 2.36. The summed E-state index contributed by atoms with van der Waals surface area (Å²) in [5, 5.41) is 122. The van der Waals surface area contributed by atoms with Crippen LogP contribution in [0.1, 0.15) is 107 Å². The number of nitrogen functional groups attached to an aromatic ring is 1. The fourth-order valence-corrected chi connectivity index (χ4v) is 12.7. The second-order valence-electron chi connectivity index (χ2n) is 24.8. The van der Waals surface area contributed by atoms with E-state index in [9.17, 15) is 69.9 Å². The summed E-state index contributed by atoms with van der Waals surface area (Å²) >= 11 is 2.53. The number of benzene rings is 1. The SMILES string of the molecule is Cc1c(N)nc(C(CC(N)=O)NCC(N)C(N)=O)nc1C(=O)N(C)C(C(=O)NC(C)C(O)C(C)C(O)NC(C(=O)NCCc1nc(-c2nc(C(=O)NCCCNC(C)c3ccccc3)cs2)cs1)C(C)O)C(OC1OC(CO)C(O)C(O)C1OC1OC(CO)C(O)C(OC(N)=O)C1O)c1cnc[nH]1. The maximum absolute atomic E-state index is 15.5. The number of H-pyrrole nitrogens is 1. The van der Waals surface area contributed by atoms with Gasteiger partial charge in [0, 0.05) is 67.8 Å². The number of nitrogens with zero attached hydrogens (tertiary/aromatic N) is 6. The second kappa shape index (κ2) is 38.1. The zero-order chi connectivity index (χ0) is 75.7. The number of nitrogens with one attached hydrogen (secondary N) is 7. The number of aromatic nitrogens is 6. The van der Waals surface area contributed by atoms with Gasteiger partial charge in [-0.05, 0) is 46.2 Å². The number of rotatable bonds is 38. The summed E-state index contributed by atoms with van der Waals surface area (Å²) in [7, 11) is 1.08. The Morgan fingerprint density at radius 3 is 2.13 bits per heavy atom. The Morgan fingerprint density at radius 1 is 0.796 bits per heavy atom. The van der Waals surface area contributed by atoms with Crippen molar-refractivity contribution in [3.63, 3.8) is 0 Å². The number of nitrogens with two attached hydrogens (primary N) is 5. The van der Waals surface area contributed by atoms with Crippen molar-refractivity contribution < 1.29 is 103 Å². The van der Waals surface area contributed by atoms with Crippen molar-refractivity contribution in [3.8, 4) is 10.7 Å². The molecule has 2 aliphatic rings. The number of ether oxygens (including phenoxy) is 5. The van der Waals surface area contributed by atoms with Crippen LogP contribution >= 0.6 is 22.7 Å². The molecule has 26 N–H and O–H groups in total. The molecule has 4 aromatic heterocycles. The third-order valence-corrected chi connectivity index (χ3v) is 19.0. The molecule has 39 nitrogen and oxygen atoms in total. The van der Waals surface area contributed by atoms with Crippen molar-refractivity contribution >= 4 is 70.0 Å². The Bertz CT molecular complexity index is 3610. The fourth-order valence-electron chi connectivity index (χ4n) is 11.1. The maximum atomic E-state index is 15.5. The summed E-state index contributed by atoms with van der Waals surface area (Å²) in [5.74, 6) is -7.27. The highest BCUT2D eigenvalue weighted by molar-refractivity contribution is 7.14. The summed E-state index contributed by atoms with van der Waals surface area (Å²) < 4.78 is 29.0. The van der Waals surface area contributed by atoms with Crippen molar-refractivity contribution in [2.24, 2.45) is 28.9 Å². The van der Waals surface area contributed by atoms with E-state index in [1.54, 1.807) is 10.8 Å². The number of aliphatic hydroxyl groups excluding tert-OH is 9. The van der Waals surface area contributed by atoms with Crippen LogP contribution in [0.5, 0.6) is 0 Å². The predicted molar refractivity (Wildman–Crippen MR) is 363 cm³/mol. The Labute approximate surface area is 598 Å². The zero-order valence-electron chi connectivity index (χ0n) is 57.0. The third kappa shape index (κ3) is 21.6. The van der Waals surface area contributed by atoms with Gasteiger partial charge in [0.25, 0.3) is 11.8 Å². The van der Waals surface area contributed by atoms with Crippen LogP contribution in [0.15, 0.2) is 53.6 Å². The minimum atomic E-state index is -2.19. The number of likely N-dealkylation sites (N-methyl/N-ethyl adjacent to an activating group) is 1. The number of anilines is 1. The Hall–Kier alpha value is -8.02. The molecule has 7 rings (SSSR count).